The molecule has 168 valence electrons. The van der Waals surface area contributed by atoms with E-state index >= 15 is 0 Å². The van der Waals surface area contributed by atoms with Crippen LogP contribution in [0.5, 0.6) is 5.75 Å². The van der Waals surface area contributed by atoms with Gasteiger partial charge >= 0.3 is 0 Å². The summed E-state index contributed by atoms with van der Waals surface area (Å²) < 4.78 is 29.0. The first-order valence-corrected chi connectivity index (χ1v) is 12.2. The Morgan fingerprint density at radius 2 is 1.66 bits per heavy atom. The number of aromatic nitrogens is 2. The third kappa shape index (κ3) is 5.28. The molecular formula is C23H27N5O3S. The van der Waals surface area contributed by atoms with Gasteiger partial charge < -0.3 is 20.3 Å². The van der Waals surface area contributed by atoms with Crippen LogP contribution < -0.4 is 20.3 Å². The van der Waals surface area contributed by atoms with Gasteiger partial charge in [0.05, 0.1) is 18.6 Å². The van der Waals surface area contributed by atoms with Crippen LogP contribution in [-0.4, -0.2) is 50.1 Å². The maximum Gasteiger partial charge on any atom is 0.231 e. The molecule has 0 saturated carbocycles. The molecule has 0 unspecified atom stereocenters. The van der Waals surface area contributed by atoms with Crippen molar-refractivity contribution in [1.29, 1.82) is 0 Å². The second-order valence-electron chi connectivity index (χ2n) is 7.87. The first-order valence-electron chi connectivity index (χ1n) is 10.4. The summed E-state index contributed by atoms with van der Waals surface area (Å²) >= 11 is 0. The lowest BCUT2D eigenvalue weighted by Crippen LogP contribution is -2.40. The Morgan fingerprint density at radius 1 is 0.938 bits per heavy atom. The number of nitrogens with one attached hydrogen (secondary N) is 2. The van der Waals surface area contributed by atoms with Gasteiger partial charge in [0.2, 0.25) is 5.95 Å². The molecule has 2 N–H and O–H groups in total. The summed E-state index contributed by atoms with van der Waals surface area (Å²) in [6, 6.07) is 15.6. The smallest absolute Gasteiger partial charge is 0.231 e. The normalized spacial score (nSPS) is 15.3. The summed E-state index contributed by atoms with van der Waals surface area (Å²) in [5.41, 5.74) is 4.03. The van der Waals surface area contributed by atoms with Gasteiger partial charge in [-0.1, -0.05) is 12.1 Å². The van der Waals surface area contributed by atoms with E-state index < -0.39 is 9.84 Å². The largest absolute Gasteiger partial charge is 0.497 e. The fourth-order valence-electron chi connectivity index (χ4n) is 3.47. The van der Waals surface area contributed by atoms with E-state index in [4.69, 9.17) is 4.74 Å². The summed E-state index contributed by atoms with van der Waals surface area (Å²) in [5.74, 6) is 2.74. The average molecular weight is 454 g/mol. The highest BCUT2D eigenvalue weighted by Gasteiger charge is 2.23. The zero-order valence-electron chi connectivity index (χ0n) is 18.4. The monoisotopic (exact) mass is 453 g/mol. The van der Waals surface area contributed by atoms with E-state index in [1.165, 1.54) is 0 Å². The maximum absolute atomic E-state index is 11.9. The number of rotatable bonds is 6. The van der Waals surface area contributed by atoms with Gasteiger partial charge in [-0.15, -0.1) is 0 Å². The molecule has 3 aromatic rings. The molecule has 0 radical (unpaired) electrons. The Labute approximate surface area is 188 Å². The summed E-state index contributed by atoms with van der Waals surface area (Å²) in [7, 11) is -1.36. The van der Waals surface area contributed by atoms with Crippen molar-refractivity contribution in [3.05, 3.63) is 59.7 Å². The predicted molar refractivity (Wildman–Crippen MR) is 128 cm³/mol. The maximum atomic E-state index is 11.9. The van der Waals surface area contributed by atoms with Gasteiger partial charge in [-0.3, -0.25) is 0 Å². The number of sulfone groups is 1. The number of methoxy groups -OCH3 is 1. The molecule has 0 aliphatic carbocycles. The van der Waals surface area contributed by atoms with Crippen LogP contribution in [0.1, 0.15) is 11.1 Å². The minimum atomic E-state index is -2.99. The first kappa shape index (κ1) is 21.9. The van der Waals surface area contributed by atoms with Crippen molar-refractivity contribution in [2.75, 3.05) is 47.2 Å². The SMILES string of the molecule is COc1ccc(Nc2nc(Nc3cc(C)ccc3C)cc(N3CCS(=O)(=O)CC3)n2)cc1. The minimum Gasteiger partial charge on any atom is -0.497 e. The van der Waals surface area contributed by atoms with Gasteiger partial charge in [0, 0.05) is 30.5 Å². The van der Waals surface area contributed by atoms with E-state index in [2.05, 4.69) is 38.8 Å². The lowest BCUT2D eigenvalue weighted by Gasteiger charge is -2.28. The molecule has 1 aromatic heterocycles. The molecule has 32 heavy (non-hydrogen) atoms. The third-order valence-corrected chi connectivity index (χ3v) is 6.99. The topological polar surface area (TPSA) is 96.5 Å². The third-order valence-electron chi connectivity index (χ3n) is 5.38. The second kappa shape index (κ2) is 9.04. The van der Waals surface area contributed by atoms with Crippen molar-refractivity contribution in [3.8, 4) is 5.75 Å². The Kier molecular flexibility index (Phi) is 6.18. The zero-order chi connectivity index (χ0) is 22.7. The van der Waals surface area contributed by atoms with Crippen molar-refractivity contribution in [2.45, 2.75) is 13.8 Å². The summed E-state index contributed by atoms with van der Waals surface area (Å²) in [6.07, 6.45) is 0. The molecule has 0 atom stereocenters. The van der Waals surface area contributed by atoms with Gasteiger partial charge in [0.1, 0.15) is 17.4 Å². The Hall–Kier alpha value is -3.33. The summed E-state index contributed by atoms with van der Waals surface area (Å²) in [6.45, 7) is 4.89. The number of nitrogens with zero attached hydrogens (tertiary/aromatic N) is 3. The highest BCUT2D eigenvalue weighted by atomic mass is 32.2. The van der Waals surface area contributed by atoms with Gasteiger partial charge in [0.25, 0.3) is 0 Å². The van der Waals surface area contributed by atoms with Crippen LogP contribution in [0.25, 0.3) is 0 Å². The van der Waals surface area contributed by atoms with Crippen LogP contribution in [0.15, 0.2) is 48.5 Å². The van der Waals surface area contributed by atoms with Crippen molar-refractivity contribution in [1.82, 2.24) is 9.97 Å². The lowest BCUT2D eigenvalue weighted by molar-refractivity contribution is 0.415. The second-order valence-corrected chi connectivity index (χ2v) is 10.2. The standard InChI is InChI=1S/C23H27N5O3S/c1-16-4-5-17(2)20(14-16)25-21-15-22(28-10-12-32(29,30)13-11-28)27-23(26-21)24-18-6-8-19(31-3)9-7-18/h4-9,14-15H,10-13H2,1-3H3,(H2,24,25,26,27). The van der Waals surface area contributed by atoms with Gasteiger partial charge in [0.15, 0.2) is 9.84 Å². The lowest BCUT2D eigenvalue weighted by atomic mass is 10.1. The van der Waals surface area contributed by atoms with Crippen LogP contribution in [0.2, 0.25) is 0 Å². The molecule has 9 heteroatoms. The average Bonchev–Trinajstić information content (AvgIpc) is 2.76. The number of benzene rings is 2. The van der Waals surface area contributed by atoms with Crippen molar-refractivity contribution in [2.24, 2.45) is 0 Å². The van der Waals surface area contributed by atoms with Gasteiger partial charge in [-0.05, 0) is 55.3 Å². The highest BCUT2D eigenvalue weighted by Crippen LogP contribution is 2.27. The van der Waals surface area contributed by atoms with E-state index in [0.717, 1.165) is 28.3 Å². The van der Waals surface area contributed by atoms with Crippen molar-refractivity contribution >= 4 is 38.8 Å². The van der Waals surface area contributed by atoms with Gasteiger partial charge in [-0.2, -0.15) is 9.97 Å². The van der Waals surface area contributed by atoms with E-state index in [-0.39, 0.29) is 11.5 Å². The number of anilines is 5. The Morgan fingerprint density at radius 3 is 2.34 bits per heavy atom. The molecule has 8 nitrogen and oxygen atoms in total. The number of ether oxygens (including phenoxy) is 1. The molecule has 2 heterocycles. The quantitative estimate of drug-likeness (QED) is 0.581. The fourth-order valence-corrected chi connectivity index (χ4v) is 4.67. The predicted octanol–water partition coefficient (Wildman–Crippen LogP) is 3.82. The summed E-state index contributed by atoms with van der Waals surface area (Å²) in [5, 5.41) is 6.64. The Balaban J connectivity index is 1.66. The molecular weight excluding hydrogens is 426 g/mol. The van der Waals surface area contributed by atoms with Crippen molar-refractivity contribution in [3.63, 3.8) is 0 Å². The molecule has 4 rings (SSSR count). The van der Waals surface area contributed by atoms with Crippen LogP contribution in [0.3, 0.4) is 0 Å². The number of hydrogen-bond donors (Lipinski definition) is 2. The van der Waals surface area contributed by atoms with Crippen LogP contribution in [0, 0.1) is 13.8 Å². The Bertz CT molecular complexity index is 1200. The zero-order valence-corrected chi connectivity index (χ0v) is 19.2. The molecule has 0 amide bonds. The minimum absolute atomic E-state index is 0.123. The molecule has 1 aliphatic rings. The molecule has 0 spiro atoms. The van der Waals surface area contributed by atoms with Crippen LogP contribution in [-0.2, 0) is 9.84 Å². The number of aryl methyl sites for hydroxylation is 2. The first-order chi connectivity index (χ1) is 15.3. The fraction of sp³-hybridized carbons (Fsp3) is 0.304. The van der Waals surface area contributed by atoms with E-state index in [1.54, 1.807) is 7.11 Å². The molecule has 1 fully saturated rings. The van der Waals surface area contributed by atoms with E-state index in [0.29, 0.717) is 30.7 Å². The molecule has 1 aliphatic heterocycles. The summed E-state index contributed by atoms with van der Waals surface area (Å²) in [4.78, 5) is 11.3. The van der Waals surface area contributed by atoms with Crippen LogP contribution in [0.4, 0.5) is 29.0 Å². The molecule has 1 saturated heterocycles. The molecule has 2 aromatic carbocycles. The van der Waals surface area contributed by atoms with E-state index in [9.17, 15) is 8.42 Å². The number of hydrogen-bond acceptors (Lipinski definition) is 8. The van der Waals surface area contributed by atoms with E-state index in [1.807, 2.05) is 49.1 Å². The van der Waals surface area contributed by atoms with Crippen molar-refractivity contribution < 1.29 is 13.2 Å². The van der Waals surface area contributed by atoms with Crippen LogP contribution >= 0.6 is 0 Å². The van der Waals surface area contributed by atoms with Gasteiger partial charge in [-0.25, -0.2) is 8.42 Å². The highest BCUT2D eigenvalue weighted by molar-refractivity contribution is 7.91. The molecule has 0 bridgehead atoms.